The SMILES string of the molecule is C(#Cc1cc2sc3ccccc3c2cc1C#Cc1ccccc1)c1ccccc1. The highest BCUT2D eigenvalue weighted by Gasteiger charge is 2.08. The number of rotatable bonds is 0. The Kier molecular flexibility index (Phi) is 4.59. The lowest BCUT2D eigenvalue weighted by Gasteiger charge is -1.99. The summed E-state index contributed by atoms with van der Waals surface area (Å²) in [6, 6.07) is 33.1. The summed E-state index contributed by atoms with van der Waals surface area (Å²) in [5.41, 5.74) is 3.94. The highest BCUT2D eigenvalue weighted by atomic mass is 32.1. The highest BCUT2D eigenvalue weighted by molar-refractivity contribution is 7.25. The Labute approximate surface area is 174 Å². The summed E-state index contributed by atoms with van der Waals surface area (Å²) < 4.78 is 2.53. The van der Waals surface area contributed by atoms with Crippen molar-refractivity contribution in [1.29, 1.82) is 0 Å². The molecule has 0 spiro atoms. The molecule has 29 heavy (non-hydrogen) atoms. The van der Waals surface area contributed by atoms with Crippen molar-refractivity contribution >= 4 is 31.5 Å². The van der Waals surface area contributed by atoms with Crippen LogP contribution in [0.2, 0.25) is 0 Å². The van der Waals surface area contributed by atoms with E-state index in [-0.39, 0.29) is 0 Å². The van der Waals surface area contributed by atoms with Crippen LogP contribution in [0.3, 0.4) is 0 Å². The van der Waals surface area contributed by atoms with E-state index in [0.29, 0.717) is 0 Å². The zero-order chi connectivity index (χ0) is 19.5. The fourth-order valence-electron chi connectivity index (χ4n) is 3.30. The minimum Gasteiger partial charge on any atom is -0.135 e. The monoisotopic (exact) mass is 384 g/mol. The maximum Gasteiger partial charge on any atom is 0.0420 e. The lowest BCUT2D eigenvalue weighted by Crippen LogP contribution is -1.85. The Morgan fingerprint density at radius 2 is 1.00 bits per heavy atom. The molecule has 0 radical (unpaired) electrons. The summed E-state index contributed by atoms with van der Waals surface area (Å²) >= 11 is 1.80. The first kappa shape index (κ1) is 17.3. The molecule has 0 amide bonds. The largest absolute Gasteiger partial charge is 0.135 e. The van der Waals surface area contributed by atoms with Gasteiger partial charge in [0.25, 0.3) is 0 Å². The number of hydrogen-bond acceptors (Lipinski definition) is 1. The molecule has 1 heterocycles. The van der Waals surface area contributed by atoms with Crippen molar-refractivity contribution in [2.45, 2.75) is 0 Å². The van der Waals surface area contributed by atoms with Gasteiger partial charge in [0.15, 0.2) is 0 Å². The van der Waals surface area contributed by atoms with Gasteiger partial charge in [-0.05, 0) is 42.5 Å². The van der Waals surface area contributed by atoms with Crippen LogP contribution in [0.15, 0.2) is 97.1 Å². The Bertz CT molecular complexity index is 1430. The van der Waals surface area contributed by atoms with E-state index in [0.717, 1.165) is 22.3 Å². The molecule has 134 valence electrons. The van der Waals surface area contributed by atoms with E-state index >= 15 is 0 Å². The average Bonchev–Trinajstić information content (AvgIpc) is 3.14. The number of benzene rings is 4. The summed E-state index contributed by atoms with van der Waals surface area (Å²) in [4.78, 5) is 0. The van der Waals surface area contributed by atoms with E-state index in [1.54, 1.807) is 11.3 Å². The Morgan fingerprint density at radius 1 is 0.448 bits per heavy atom. The third kappa shape index (κ3) is 3.65. The Morgan fingerprint density at radius 3 is 1.66 bits per heavy atom. The molecule has 0 aliphatic carbocycles. The predicted molar refractivity (Wildman–Crippen MR) is 124 cm³/mol. The molecule has 1 heteroatoms. The molecule has 0 N–H and O–H groups in total. The average molecular weight is 385 g/mol. The van der Waals surface area contributed by atoms with Gasteiger partial charge in [-0.3, -0.25) is 0 Å². The summed E-state index contributed by atoms with van der Waals surface area (Å²) in [7, 11) is 0. The lowest BCUT2D eigenvalue weighted by molar-refractivity contribution is 1.62. The lowest BCUT2D eigenvalue weighted by atomic mass is 10.0. The van der Waals surface area contributed by atoms with Gasteiger partial charge in [-0.2, -0.15) is 0 Å². The van der Waals surface area contributed by atoms with Gasteiger partial charge in [0.1, 0.15) is 0 Å². The molecular formula is C28H16S. The quantitative estimate of drug-likeness (QED) is 0.256. The molecule has 0 saturated heterocycles. The molecular weight excluding hydrogens is 368 g/mol. The van der Waals surface area contributed by atoms with Gasteiger partial charge < -0.3 is 0 Å². The third-order valence-corrected chi connectivity index (χ3v) is 5.88. The van der Waals surface area contributed by atoms with Crippen molar-refractivity contribution in [2.75, 3.05) is 0 Å². The zero-order valence-electron chi connectivity index (χ0n) is 15.6. The van der Waals surface area contributed by atoms with Crippen LogP contribution >= 0.6 is 11.3 Å². The smallest absolute Gasteiger partial charge is 0.0420 e. The second-order valence-electron chi connectivity index (χ2n) is 6.72. The first-order valence-corrected chi connectivity index (χ1v) is 10.3. The van der Waals surface area contributed by atoms with E-state index in [4.69, 9.17) is 0 Å². The summed E-state index contributed by atoms with van der Waals surface area (Å²) in [6.45, 7) is 0. The molecule has 0 atom stereocenters. The maximum absolute atomic E-state index is 3.36. The van der Waals surface area contributed by atoms with E-state index in [9.17, 15) is 0 Å². The van der Waals surface area contributed by atoms with Gasteiger partial charge in [0.05, 0.1) is 0 Å². The van der Waals surface area contributed by atoms with Crippen molar-refractivity contribution in [2.24, 2.45) is 0 Å². The fourth-order valence-corrected chi connectivity index (χ4v) is 4.43. The Balaban J connectivity index is 1.70. The van der Waals surface area contributed by atoms with Crippen molar-refractivity contribution < 1.29 is 0 Å². The van der Waals surface area contributed by atoms with Crippen molar-refractivity contribution in [3.05, 3.63) is 119 Å². The molecule has 0 bridgehead atoms. The van der Waals surface area contributed by atoms with Gasteiger partial charge in [-0.1, -0.05) is 78.3 Å². The molecule has 0 aliphatic heterocycles. The standard InChI is InChI=1S/C28H16S/c1-3-9-21(10-4-1)15-17-23-19-26-25-13-7-8-14-27(25)29-28(26)20-24(23)18-16-22-11-5-2-6-12-22/h1-14,19-20H. The molecule has 5 aromatic rings. The number of thiophene rings is 1. The van der Waals surface area contributed by atoms with Gasteiger partial charge in [0, 0.05) is 42.4 Å². The minimum absolute atomic E-state index is 0.966. The summed E-state index contributed by atoms with van der Waals surface area (Å²) in [5, 5.41) is 2.52. The molecule has 0 saturated carbocycles. The highest BCUT2D eigenvalue weighted by Crippen LogP contribution is 2.35. The van der Waals surface area contributed by atoms with Gasteiger partial charge >= 0.3 is 0 Å². The zero-order valence-corrected chi connectivity index (χ0v) is 16.5. The first-order chi connectivity index (χ1) is 14.4. The van der Waals surface area contributed by atoms with Gasteiger partial charge in [-0.25, -0.2) is 0 Å². The van der Waals surface area contributed by atoms with Crippen LogP contribution in [0.4, 0.5) is 0 Å². The normalized spacial score (nSPS) is 10.2. The molecule has 1 aromatic heterocycles. The molecule has 4 aromatic carbocycles. The molecule has 0 aliphatic rings. The van der Waals surface area contributed by atoms with Crippen LogP contribution in [0.1, 0.15) is 22.3 Å². The van der Waals surface area contributed by atoms with Crippen LogP contribution in [0, 0.1) is 23.7 Å². The predicted octanol–water partition coefficient (Wildman–Crippen LogP) is 6.85. The molecule has 0 nitrogen and oxygen atoms in total. The topological polar surface area (TPSA) is 0 Å². The van der Waals surface area contributed by atoms with Crippen LogP contribution < -0.4 is 0 Å². The van der Waals surface area contributed by atoms with Crippen LogP contribution in [0.5, 0.6) is 0 Å². The summed E-state index contributed by atoms with van der Waals surface area (Å²) in [5.74, 6) is 13.3. The molecule has 5 rings (SSSR count). The molecule has 0 fully saturated rings. The van der Waals surface area contributed by atoms with Crippen molar-refractivity contribution in [3.8, 4) is 23.7 Å². The van der Waals surface area contributed by atoms with Crippen LogP contribution in [0.25, 0.3) is 20.2 Å². The minimum atomic E-state index is 0.966. The van der Waals surface area contributed by atoms with E-state index < -0.39 is 0 Å². The second kappa shape index (κ2) is 7.69. The molecule has 0 unspecified atom stereocenters. The maximum atomic E-state index is 3.36. The van der Waals surface area contributed by atoms with Crippen LogP contribution in [-0.4, -0.2) is 0 Å². The fraction of sp³-hybridized carbons (Fsp3) is 0. The second-order valence-corrected chi connectivity index (χ2v) is 7.81. The van der Waals surface area contributed by atoms with Gasteiger partial charge in [0.2, 0.25) is 0 Å². The first-order valence-electron chi connectivity index (χ1n) is 9.46. The Hall–Kier alpha value is -3.78. The van der Waals surface area contributed by atoms with Gasteiger partial charge in [-0.15, -0.1) is 11.3 Å². The van der Waals surface area contributed by atoms with Crippen molar-refractivity contribution in [1.82, 2.24) is 0 Å². The third-order valence-electron chi connectivity index (χ3n) is 4.75. The summed E-state index contributed by atoms with van der Waals surface area (Å²) in [6.07, 6.45) is 0. The number of hydrogen-bond donors (Lipinski definition) is 0. The van der Waals surface area contributed by atoms with E-state index in [1.165, 1.54) is 20.2 Å². The van der Waals surface area contributed by atoms with Crippen LogP contribution in [-0.2, 0) is 0 Å². The van der Waals surface area contributed by atoms with Crippen molar-refractivity contribution in [3.63, 3.8) is 0 Å². The van der Waals surface area contributed by atoms with E-state index in [2.05, 4.69) is 60.1 Å². The van der Waals surface area contributed by atoms with E-state index in [1.807, 2.05) is 60.7 Å². The number of fused-ring (bicyclic) bond motifs is 3.